The number of hydrogen-bond acceptors (Lipinski definition) is 0. The summed E-state index contributed by atoms with van der Waals surface area (Å²) in [7, 11) is 0. The summed E-state index contributed by atoms with van der Waals surface area (Å²) in [4.78, 5) is 0. The van der Waals surface area contributed by atoms with Gasteiger partial charge in [0.15, 0.2) is 0 Å². The Morgan fingerprint density at radius 2 is 0.640 bits per heavy atom. The minimum Gasteiger partial charge on any atom is -0.146 e. The largest absolute Gasteiger partial charge is 0.251 e. The average Bonchev–Trinajstić information content (AvgIpc) is 2.59. The van der Waals surface area contributed by atoms with Gasteiger partial charge in [-0.3, -0.25) is 0 Å². The molecule has 0 radical (unpaired) electrons. The van der Waals surface area contributed by atoms with Gasteiger partial charge in [0.2, 0.25) is 0 Å². The minimum absolute atomic E-state index is 1.11. The maximum Gasteiger partial charge on any atom is 0.251 e. The normalized spacial score (nSPS) is 12.0. The van der Waals surface area contributed by atoms with E-state index in [1.54, 1.807) is 0 Å². The molecule has 0 heterocycles. The summed E-state index contributed by atoms with van der Waals surface area (Å²) in [5.74, 6) is 0. The van der Waals surface area contributed by atoms with Crippen LogP contribution in [0.4, 0.5) is 0 Å². The van der Waals surface area contributed by atoms with Crippen molar-refractivity contribution >= 4 is 28.9 Å². The van der Waals surface area contributed by atoms with Crippen molar-refractivity contribution in [3.8, 4) is 0 Å². The molecular formula is C22H46Cl2Si. The van der Waals surface area contributed by atoms with Crippen LogP contribution >= 0.6 is 22.2 Å². The highest BCUT2D eigenvalue weighted by atomic mass is 35.7. The van der Waals surface area contributed by atoms with Crippen LogP contribution in [0.15, 0.2) is 0 Å². The summed E-state index contributed by atoms with van der Waals surface area (Å²) < 4.78 is 0. The van der Waals surface area contributed by atoms with E-state index in [1.807, 2.05) is 0 Å². The first-order valence-electron chi connectivity index (χ1n) is 11.5. The van der Waals surface area contributed by atoms with Gasteiger partial charge in [-0.25, -0.2) is 0 Å². The first-order chi connectivity index (χ1) is 12.1. The van der Waals surface area contributed by atoms with Gasteiger partial charge in [0.05, 0.1) is 0 Å². The molecule has 0 aliphatic heterocycles. The van der Waals surface area contributed by atoms with Crippen LogP contribution in [0.1, 0.15) is 129 Å². The van der Waals surface area contributed by atoms with Crippen LogP contribution in [-0.4, -0.2) is 6.69 Å². The van der Waals surface area contributed by atoms with E-state index in [0.29, 0.717) is 0 Å². The Bertz CT molecular complexity index is 232. The van der Waals surface area contributed by atoms with Crippen LogP contribution in [0, 0.1) is 0 Å². The molecule has 0 aromatic heterocycles. The molecule has 0 aromatic rings. The van der Waals surface area contributed by atoms with E-state index >= 15 is 0 Å². The molecule has 0 aliphatic carbocycles. The lowest BCUT2D eigenvalue weighted by Crippen LogP contribution is -2.18. The minimum atomic E-state index is -1.93. The topological polar surface area (TPSA) is 0 Å². The summed E-state index contributed by atoms with van der Waals surface area (Å²) in [5, 5.41) is 0. The van der Waals surface area contributed by atoms with E-state index in [4.69, 9.17) is 22.2 Å². The highest BCUT2D eigenvalue weighted by molar-refractivity contribution is 7.45. The van der Waals surface area contributed by atoms with Crippen LogP contribution in [0.2, 0.25) is 12.1 Å². The Morgan fingerprint density at radius 3 is 0.920 bits per heavy atom. The van der Waals surface area contributed by atoms with Crippen LogP contribution < -0.4 is 0 Å². The maximum atomic E-state index is 6.64. The number of hydrogen-bond donors (Lipinski definition) is 0. The predicted molar refractivity (Wildman–Crippen MR) is 122 cm³/mol. The average molecular weight is 410 g/mol. The van der Waals surface area contributed by atoms with Gasteiger partial charge in [-0.1, -0.05) is 129 Å². The monoisotopic (exact) mass is 408 g/mol. The fourth-order valence-corrected chi connectivity index (χ4v) is 6.90. The van der Waals surface area contributed by atoms with Gasteiger partial charge in [-0.15, -0.1) is 22.2 Å². The first-order valence-corrected chi connectivity index (χ1v) is 15.9. The second kappa shape index (κ2) is 19.6. The molecule has 0 rings (SSSR count). The third-order valence-electron chi connectivity index (χ3n) is 5.29. The van der Waals surface area contributed by atoms with Crippen LogP contribution in [-0.2, 0) is 0 Å². The molecule has 0 fully saturated rings. The van der Waals surface area contributed by atoms with E-state index in [1.165, 1.54) is 116 Å². The zero-order valence-corrected chi connectivity index (χ0v) is 19.9. The Balaban J connectivity index is 3.32. The van der Waals surface area contributed by atoms with Crippen LogP contribution in [0.3, 0.4) is 0 Å². The molecule has 0 spiro atoms. The molecule has 25 heavy (non-hydrogen) atoms. The lowest BCUT2D eigenvalue weighted by molar-refractivity contribution is 0.569. The van der Waals surface area contributed by atoms with E-state index in [0.717, 1.165) is 12.1 Å². The molecule has 0 bridgehead atoms. The standard InChI is InChI=1S/C22H46Cl2Si/c1-3-5-7-9-11-13-15-17-19-21-25(23,24)22-20-18-16-14-12-10-8-6-4-2/h3-22H2,1-2H3. The number of rotatable bonds is 20. The van der Waals surface area contributed by atoms with E-state index in [2.05, 4.69) is 13.8 Å². The van der Waals surface area contributed by atoms with Crippen molar-refractivity contribution in [2.45, 2.75) is 142 Å². The fourth-order valence-electron chi connectivity index (χ4n) is 3.51. The van der Waals surface area contributed by atoms with E-state index in [9.17, 15) is 0 Å². The molecule has 0 saturated heterocycles. The fraction of sp³-hybridized carbons (Fsp3) is 1.00. The first kappa shape index (κ1) is 25.8. The molecule has 0 nitrogen and oxygen atoms in total. The highest BCUT2D eigenvalue weighted by Crippen LogP contribution is 2.30. The molecule has 0 aromatic carbocycles. The molecule has 0 unspecified atom stereocenters. The van der Waals surface area contributed by atoms with Gasteiger partial charge in [0.1, 0.15) is 0 Å². The summed E-state index contributed by atoms with van der Waals surface area (Å²) in [5.41, 5.74) is 0. The van der Waals surface area contributed by atoms with Gasteiger partial charge in [0.25, 0.3) is 6.69 Å². The Hall–Kier alpha value is 0.797. The molecule has 0 amide bonds. The van der Waals surface area contributed by atoms with Gasteiger partial charge in [0, 0.05) is 0 Å². The maximum absolute atomic E-state index is 6.64. The third kappa shape index (κ3) is 21.0. The molecule has 0 atom stereocenters. The molecular weight excluding hydrogens is 363 g/mol. The van der Waals surface area contributed by atoms with E-state index in [-0.39, 0.29) is 0 Å². The summed E-state index contributed by atoms with van der Waals surface area (Å²) >= 11 is 13.3. The van der Waals surface area contributed by atoms with Gasteiger partial charge < -0.3 is 0 Å². The smallest absolute Gasteiger partial charge is 0.146 e. The Morgan fingerprint density at radius 1 is 0.400 bits per heavy atom. The van der Waals surface area contributed by atoms with E-state index < -0.39 is 6.69 Å². The summed E-state index contributed by atoms with van der Waals surface area (Å²) in [6.07, 6.45) is 24.8. The van der Waals surface area contributed by atoms with Crippen molar-refractivity contribution in [3.63, 3.8) is 0 Å². The van der Waals surface area contributed by atoms with Crippen molar-refractivity contribution < 1.29 is 0 Å². The predicted octanol–water partition coefficient (Wildman–Crippen LogP) is 9.97. The quantitative estimate of drug-likeness (QED) is 0.107. The third-order valence-corrected chi connectivity index (χ3v) is 9.73. The van der Waals surface area contributed by atoms with Crippen LogP contribution in [0.5, 0.6) is 0 Å². The SMILES string of the molecule is CCCCCCCCCCC[Si](Cl)(Cl)CCCCCCCCCCC. The zero-order valence-electron chi connectivity index (χ0n) is 17.4. The Labute approximate surface area is 170 Å². The van der Waals surface area contributed by atoms with Crippen molar-refractivity contribution in [2.24, 2.45) is 0 Å². The summed E-state index contributed by atoms with van der Waals surface area (Å²) in [6, 6.07) is 2.23. The molecule has 3 heteroatoms. The molecule has 152 valence electrons. The van der Waals surface area contributed by atoms with Crippen molar-refractivity contribution in [1.29, 1.82) is 0 Å². The highest BCUT2D eigenvalue weighted by Gasteiger charge is 2.26. The van der Waals surface area contributed by atoms with Gasteiger partial charge in [-0.05, 0) is 12.1 Å². The zero-order chi connectivity index (χ0) is 18.6. The van der Waals surface area contributed by atoms with Crippen molar-refractivity contribution in [2.75, 3.05) is 0 Å². The lowest BCUT2D eigenvalue weighted by Gasteiger charge is -2.16. The second-order valence-electron chi connectivity index (χ2n) is 8.01. The number of halogens is 2. The van der Waals surface area contributed by atoms with Crippen molar-refractivity contribution in [3.05, 3.63) is 0 Å². The van der Waals surface area contributed by atoms with Crippen LogP contribution in [0.25, 0.3) is 0 Å². The van der Waals surface area contributed by atoms with Crippen molar-refractivity contribution in [1.82, 2.24) is 0 Å². The Kier molecular flexibility index (Phi) is 20.2. The summed E-state index contributed by atoms with van der Waals surface area (Å²) in [6.45, 7) is 2.63. The molecule has 0 saturated carbocycles. The molecule has 0 N–H and O–H groups in total. The second-order valence-corrected chi connectivity index (χ2v) is 15.6. The van der Waals surface area contributed by atoms with Gasteiger partial charge in [-0.2, -0.15) is 0 Å². The molecule has 0 aliphatic rings. The van der Waals surface area contributed by atoms with Gasteiger partial charge >= 0.3 is 0 Å². The lowest BCUT2D eigenvalue weighted by atomic mass is 10.1. The number of unbranched alkanes of at least 4 members (excludes halogenated alkanes) is 16.